The van der Waals surface area contributed by atoms with Crippen molar-refractivity contribution in [2.24, 2.45) is 11.8 Å². The van der Waals surface area contributed by atoms with Crippen LogP contribution in [0.4, 0.5) is 0 Å². The summed E-state index contributed by atoms with van der Waals surface area (Å²) in [4.78, 5) is 37.9. The van der Waals surface area contributed by atoms with Gasteiger partial charge in [-0.25, -0.2) is 0 Å². The number of unbranched alkanes of at least 4 members (excludes halogenated alkanes) is 31. The van der Waals surface area contributed by atoms with E-state index >= 15 is 0 Å². The average molecular weight is 821 g/mol. The fourth-order valence-electron chi connectivity index (χ4n) is 7.81. The van der Waals surface area contributed by atoms with E-state index in [1.165, 1.54) is 173 Å². The minimum Gasteiger partial charge on any atom is -0.462 e. The molecule has 0 N–H and O–H groups in total. The number of hydrogen-bond acceptors (Lipinski definition) is 6. The van der Waals surface area contributed by atoms with Gasteiger partial charge in [0.15, 0.2) is 6.10 Å². The molecule has 0 amide bonds. The van der Waals surface area contributed by atoms with Crippen molar-refractivity contribution in [2.75, 3.05) is 13.2 Å². The summed E-state index contributed by atoms with van der Waals surface area (Å²) in [7, 11) is 0. The lowest BCUT2D eigenvalue weighted by Crippen LogP contribution is -2.30. The maximum Gasteiger partial charge on any atom is 0.306 e. The topological polar surface area (TPSA) is 78.9 Å². The molecule has 0 aliphatic heterocycles. The summed E-state index contributed by atoms with van der Waals surface area (Å²) in [6, 6.07) is 0. The molecule has 0 aliphatic rings. The molecule has 0 heterocycles. The Morgan fingerprint density at radius 1 is 0.328 bits per heavy atom. The van der Waals surface area contributed by atoms with E-state index in [2.05, 4.69) is 34.6 Å². The van der Waals surface area contributed by atoms with E-state index in [9.17, 15) is 14.4 Å². The quantitative estimate of drug-likeness (QED) is 0.0346. The zero-order valence-corrected chi connectivity index (χ0v) is 39.7. The molecule has 0 aromatic carbocycles. The van der Waals surface area contributed by atoms with Crippen LogP contribution in [0, 0.1) is 11.8 Å². The van der Waals surface area contributed by atoms with Gasteiger partial charge in [-0.05, 0) is 31.1 Å². The van der Waals surface area contributed by atoms with Crippen molar-refractivity contribution in [1.29, 1.82) is 0 Å². The van der Waals surface area contributed by atoms with Gasteiger partial charge in [0.1, 0.15) is 13.2 Å². The molecular formula is C52H100O6. The van der Waals surface area contributed by atoms with E-state index in [4.69, 9.17) is 14.2 Å². The predicted molar refractivity (Wildman–Crippen MR) is 247 cm³/mol. The second kappa shape index (κ2) is 44.9. The van der Waals surface area contributed by atoms with E-state index in [-0.39, 0.29) is 31.1 Å². The first-order chi connectivity index (χ1) is 28.2. The van der Waals surface area contributed by atoms with Gasteiger partial charge in [-0.3, -0.25) is 14.4 Å². The first-order valence-corrected chi connectivity index (χ1v) is 25.7. The van der Waals surface area contributed by atoms with Crippen LogP contribution in [0.15, 0.2) is 0 Å². The summed E-state index contributed by atoms with van der Waals surface area (Å²) in [5.74, 6) is 0.745. The summed E-state index contributed by atoms with van der Waals surface area (Å²) in [5, 5.41) is 0. The second-order valence-electron chi connectivity index (χ2n) is 18.8. The maximum absolute atomic E-state index is 12.8. The van der Waals surface area contributed by atoms with Crippen LogP contribution in [0.3, 0.4) is 0 Å². The van der Waals surface area contributed by atoms with Crippen molar-refractivity contribution in [3.63, 3.8) is 0 Å². The van der Waals surface area contributed by atoms with E-state index in [1.54, 1.807) is 0 Å². The monoisotopic (exact) mass is 821 g/mol. The Morgan fingerprint density at radius 2 is 0.569 bits per heavy atom. The SMILES string of the molecule is CCCCCCCCCCCCCCCCCCCC(=O)OC[C@@H](COC(=O)CCCCCCCCCC(C)C)OC(=O)CCCCCCCCCCCCC(C)C. The van der Waals surface area contributed by atoms with Crippen LogP contribution in [0.1, 0.15) is 285 Å². The molecule has 0 bridgehead atoms. The van der Waals surface area contributed by atoms with Crippen LogP contribution in [0.5, 0.6) is 0 Å². The van der Waals surface area contributed by atoms with Crippen molar-refractivity contribution in [2.45, 2.75) is 291 Å². The first kappa shape index (κ1) is 56.4. The number of carbonyl (C=O) groups is 3. The van der Waals surface area contributed by atoms with Crippen molar-refractivity contribution in [1.82, 2.24) is 0 Å². The lowest BCUT2D eigenvalue weighted by atomic mass is 10.0. The van der Waals surface area contributed by atoms with Gasteiger partial charge in [0.2, 0.25) is 0 Å². The molecule has 0 spiro atoms. The molecule has 0 saturated heterocycles. The highest BCUT2D eigenvalue weighted by molar-refractivity contribution is 5.71. The van der Waals surface area contributed by atoms with E-state index in [0.717, 1.165) is 69.6 Å². The molecule has 344 valence electrons. The van der Waals surface area contributed by atoms with Crippen LogP contribution in [-0.2, 0) is 28.6 Å². The largest absolute Gasteiger partial charge is 0.462 e. The summed E-state index contributed by atoms with van der Waals surface area (Å²) in [6.45, 7) is 11.3. The number of rotatable bonds is 46. The van der Waals surface area contributed by atoms with Crippen LogP contribution in [-0.4, -0.2) is 37.2 Å². The second-order valence-corrected chi connectivity index (χ2v) is 18.8. The van der Waals surface area contributed by atoms with E-state index in [0.29, 0.717) is 19.3 Å². The summed E-state index contributed by atoms with van der Waals surface area (Å²) >= 11 is 0. The molecule has 0 unspecified atom stereocenters. The predicted octanol–water partition coefficient (Wildman–Crippen LogP) is 16.5. The van der Waals surface area contributed by atoms with Crippen LogP contribution >= 0.6 is 0 Å². The molecule has 0 aliphatic carbocycles. The number of carbonyl (C=O) groups excluding carboxylic acids is 3. The number of ether oxygens (including phenoxy) is 3. The zero-order valence-electron chi connectivity index (χ0n) is 39.7. The molecule has 0 fully saturated rings. The Morgan fingerprint density at radius 3 is 0.845 bits per heavy atom. The molecule has 0 saturated carbocycles. The minimum atomic E-state index is -0.762. The van der Waals surface area contributed by atoms with Gasteiger partial charge in [-0.2, -0.15) is 0 Å². The third kappa shape index (κ3) is 45.5. The Bertz CT molecular complexity index is 885. The lowest BCUT2D eigenvalue weighted by Gasteiger charge is -2.18. The third-order valence-electron chi connectivity index (χ3n) is 11.7. The van der Waals surface area contributed by atoms with E-state index < -0.39 is 6.10 Å². The molecule has 0 radical (unpaired) electrons. The molecule has 1 atom stereocenters. The molecule has 0 aromatic rings. The fraction of sp³-hybridized carbons (Fsp3) is 0.942. The number of hydrogen-bond donors (Lipinski definition) is 0. The molecule has 58 heavy (non-hydrogen) atoms. The van der Waals surface area contributed by atoms with Crippen molar-refractivity contribution < 1.29 is 28.6 Å². The third-order valence-corrected chi connectivity index (χ3v) is 11.7. The lowest BCUT2D eigenvalue weighted by molar-refractivity contribution is -0.167. The molecule has 0 aromatic heterocycles. The van der Waals surface area contributed by atoms with Crippen molar-refractivity contribution in [3.8, 4) is 0 Å². The smallest absolute Gasteiger partial charge is 0.306 e. The van der Waals surface area contributed by atoms with Gasteiger partial charge >= 0.3 is 17.9 Å². The Kier molecular flexibility index (Phi) is 43.7. The van der Waals surface area contributed by atoms with Crippen molar-refractivity contribution in [3.05, 3.63) is 0 Å². The maximum atomic E-state index is 12.8. The zero-order chi connectivity index (χ0) is 42.6. The average Bonchev–Trinajstić information content (AvgIpc) is 3.19. The van der Waals surface area contributed by atoms with Crippen LogP contribution in [0.2, 0.25) is 0 Å². The first-order valence-electron chi connectivity index (χ1n) is 25.7. The molecule has 0 rings (SSSR count). The summed E-state index contributed by atoms with van der Waals surface area (Å²) < 4.78 is 16.8. The van der Waals surface area contributed by atoms with Crippen molar-refractivity contribution >= 4 is 17.9 Å². The van der Waals surface area contributed by atoms with Gasteiger partial charge in [-0.1, -0.05) is 247 Å². The molecular weight excluding hydrogens is 721 g/mol. The highest BCUT2D eigenvalue weighted by Crippen LogP contribution is 2.17. The van der Waals surface area contributed by atoms with E-state index in [1.807, 2.05) is 0 Å². The highest BCUT2D eigenvalue weighted by atomic mass is 16.6. The fourth-order valence-corrected chi connectivity index (χ4v) is 7.81. The number of esters is 3. The minimum absolute atomic E-state index is 0.0644. The molecule has 6 heteroatoms. The van der Waals surface area contributed by atoms with Crippen LogP contribution in [0.25, 0.3) is 0 Å². The Labute approximate surface area is 361 Å². The normalized spacial score (nSPS) is 12.1. The van der Waals surface area contributed by atoms with Gasteiger partial charge in [0.25, 0.3) is 0 Å². The van der Waals surface area contributed by atoms with Gasteiger partial charge < -0.3 is 14.2 Å². The van der Waals surface area contributed by atoms with Gasteiger partial charge in [0, 0.05) is 19.3 Å². The molecule has 6 nitrogen and oxygen atoms in total. The van der Waals surface area contributed by atoms with Gasteiger partial charge in [-0.15, -0.1) is 0 Å². The van der Waals surface area contributed by atoms with Gasteiger partial charge in [0.05, 0.1) is 0 Å². The Balaban J connectivity index is 4.27. The highest BCUT2D eigenvalue weighted by Gasteiger charge is 2.19. The van der Waals surface area contributed by atoms with Crippen LogP contribution < -0.4 is 0 Å². The Hall–Kier alpha value is -1.59. The summed E-state index contributed by atoms with van der Waals surface area (Å²) in [6.07, 6.45) is 45.3. The summed E-state index contributed by atoms with van der Waals surface area (Å²) in [5.41, 5.74) is 0. The standard InChI is InChI=1S/C52H100O6/c1-6-7-8-9-10-11-12-13-14-15-16-17-18-22-27-32-37-42-50(53)56-45-49(46-57-51(54)43-38-33-29-24-26-31-36-41-48(4)5)58-52(55)44-39-34-28-23-20-19-21-25-30-35-40-47(2)3/h47-49H,6-46H2,1-5H3/t49-/m0/s1.